The second kappa shape index (κ2) is 8.27. The Morgan fingerprint density at radius 2 is 1.63 bits per heavy atom. The number of pyridine rings is 1. The summed E-state index contributed by atoms with van der Waals surface area (Å²) < 4.78 is 1.52. The normalized spacial score (nSPS) is 10.9. The first-order chi connectivity index (χ1) is 13.0. The largest absolute Gasteiger partial charge is 0.310 e. The molecule has 1 heterocycles. The van der Waals surface area contributed by atoms with Crippen molar-refractivity contribution in [1.29, 1.82) is 0 Å². The minimum atomic E-state index is -0.526. The summed E-state index contributed by atoms with van der Waals surface area (Å²) in [5, 5.41) is 3.94. The molecule has 0 spiro atoms. The number of amides is 1. The molecule has 0 atom stereocenters. The predicted molar refractivity (Wildman–Crippen MR) is 107 cm³/mol. The number of hydrazone groups is 1. The zero-order valence-electron chi connectivity index (χ0n) is 15.3. The van der Waals surface area contributed by atoms with Gasteiger partial charge in [0.15, 0.2) is 0 Å². The van der Waals surface area contributed by atoms with E-state index in [4.69, 9.17) is 0 Å². The first-order valence-corrected chi connectivity index (χ1v) is 8.68. The van der Waals surface area contributed by atoms with Gasteiger partial charge in [-0.2, -0.15) is 5.10 Å². The fourth-order valence-electron chi connectivity index (χ4n) is 2.60. The monoisotopic (exact) mass is 359 g/mol. The van der Waals surface area contributed by atoms with Crippen LogP contribution in [-0.2, 0) is 6.54 Å². The van der Waals surface area contributed by atoms with Crippen molar-refractivity contribution in [2.75, 3.05) is 0 Å². The summed E-state index contributed by atoms with van der Waals surface area (Å²) in [6.45, 7) is 4.42. The third kappa shape index (κ3) is 4.79. The summed E-state index contributed by atoms with van der Waals surface area (Å²) in [5.41, 5.74) is 6.30. The standard InChI is InChI=1S/C22H21N3O2/c1-16-5-9-18(10-6-16)14-23-24-21(26)20-4-3-13-25(22(20)27)15-19-11-7-17(2)8-12-19/h3-14H,15H2,1-2H3,(H,24,26)/b23-14-. The number of nitrogens with zero attached hydrogens (tertiary/aromatic N) is 2. The highest BCUT2D eigenvalue weighted by molar-refractivity contribution is 5.94. The number of benzene rings is 2. The molecule has 0 aliphatic carbocycles. The van der Waals surface area contributed by atoms with Crippen LogP contribution in [0.25, 0.3) is 0 Å². The Bertz CT molecular complexity index is 1020. The molecule has 0 saturated carbocycles. The van der Waals surface area contributed by atoms with Crippen molar-refractivity contribution in [2.24, 2.45) is 5.10 Å². The van der Waals surface area contributed by atoms with Gasteiger partial charge in [-0.3, -0.25) is 9.59 Å². The van der Waals surface area contributed by atoms with Gasteiger partial charge in [0.2, 0.25) is 0 Å². The molecule has 5 heteroatoms. The molecule has 1 N–H and O–H groups in total. The fraction of sp³-hybridized carbons (Fsp3) is 0.136. The number of aryl methyl sites for hydroxylation is 2. The smallest absolute Gasteiger partial charge is 0.276 e. The molecule has 5 nitrogen and oxygen atoms in total. The van der Waals surface area contributed by atoms with E-state index in [0.717, 1.165) is 22.3 Å². The molecule has 0 bridgehead atoms. The van der Waals surface area contributed by atoms with Crippen molar-refractivity contribution < 1.29 is 4.79 Å². The van der Waals surface area contributed by atoms with E-state index < -0.39 is 5.91 Å². The maximum Gasteiger partial charge on any atom is 0.276 e. The molecule has 0 unspecified atom stereocenters. The Kier molecular flexibility index (Phi) is 5.61. The highest BCUT2D eigenvalue weighted by Gasteiger charge is 2.11. The quantitative estimate of drug-likeness (QED) is 0.561. The van der Waals surface area contributed by atoms with Crippen LogP contribution in [0.5, 0.6) is 0 Å². The van der Waals surface area contributed by atoms with E-state index in [9.17, 15) is 9.59 Å². The Balaban J connectivity index is 1.72. The average Bonchev–Trinajstić information content (AvgIpc) is 2.66. The molecule has 1 aromatic heterocycles. The van der Waals surface area contributed by atoms with Crippen LogP contribution in [0.3, 0.4) is 0 Å². The molecule has 27 heavy (non-hydrogen) atoms. The molecule has 0 radical (unpaired) electrons. The van der Waals surface area contributed by atoms with E-state index in [-0.39, 0.29) is 11.1 Å². The van der Waals surface area contributed by atoms with Gasteiger partial charge >= 0.3 is 0 Å². The molecule has 3 aromatic rings. The van der Waals surface area contributed by atoms with Gasteiger partial charge in [0, 0.05) is 6.20 Å². The Morgan fingerprint density at radius 1 is 1.00 bits per heavy atom. The summed E-state index contributed by atoms with van der Waals surface area (Å²) in [7, 11) is 0. The lowest BCUT2D eigenvalue weighted by Crippen LogP contribution is -2.30. The molecule has 0 fully saturated rings. The Morgan fingerprint density at radius 3 is 2.30 bits per heavy atom. The summed E-state index contributed by atoms with van der Waals surface area (Å²) in [6, 6.07) is 18.9. The van der Waals surface area contributed by atoms with Gasteiger partial charge in [0.25, 0.3) is 11.5 Å². The number of carbonyl (C=O) groups is 1. The van der Waals surface area contributed by atoms with Crippen LogP contribution in [0.4, 0.5) is 0 Å². The molecule has 1 amide bonds. The van der Waals surface area contributed by atoms with Gasteiger partial charge in [-0.05, 0) is 37.1 Å². The zero-order chi connectivity index (χ0) is 19.2. The summed E-state index contributed by atoms with van der Waals surface area (Å²) in [5.74, 6) is -0.526. The number of hydrogen-bond donors (Lipinski definition) is 1. The molecule has 0 aliphatic heterocycles. The second-order valence-corrected chi connectivity index (χ2v) is 6.45. The minimum Gasteiger partial charge on any atom is -0.310 e. The van der Waals surface area contributed by atoms with E-state index in [2.05, 4.69) is 10.5 Å². The molecule has 2 aromatic carbocycles. The number of aromatic nitrogens is 1. The van der Waals surface area contributed by atoms with Crippen LogP contribution in [0.2, 0.25) is 0 Å². The number of hydrogen-bond acceptors (Lipinski definition) is 3. The van der Waals surface area contributed by atoms with Crippen LogP contribution in [0, 0.1) is 13.8 Å². The van der Waals surface area contributed by atoms with Gasteiger partial charge in [0.1, 0.15) is 5.56 Å². The maximum absolute atomic E-state index is 12.6. The molecular formula is C22H21N3O2. The van der Waals surface area contributed by atoms with E-state index in [0.29, 0.717) is 6.54 Å². The molecule has 3 rings (SSSR count). The third-order valence-corrected chi connectivity index (χ3v) is 4.20. The molecular weight excluding hydrogens is 338 g/mol. The number of carbonyl (C=O) groups excluding carboxylic acids is 1. The minimum absolute atomic E-state index is 0.0608. The topological polar surface area (TPSA) is 63.5 Å². The fourth-order valence-corrected chi connectivity index (χ4v) is 2.60. The number of rotatable bonds is 5. The van der Waals surface area contributed by atoms with Crippen LogP contribution in [0.15, 0.2) is 76.8 Å². The first kappa shape index (κ1) is 18.3. The lowest BCUT2D eigenvalue weighted by Gasteiger charge is -2.08. The molecule has 0 aliphatic rings. The van der Waals surface area contributed by atoms with Crippen molar-refractivity contribution in [2.45, 2.75) is 20.4 Å². The number of nitrogens with one attached hydrogen (secondary N) is 1. The van der Waals surface area contributed by atoms with E-state index in [1.54, 1.807) is 18.5 Å². The highest BCUT2D eigenvalue weighted by atomic mass is 16.2. The first-order valence-electron chi connectivity index (χ1n) is 8.68. The van der Waals surface area contributed by atoms with Gasteiger partial charge in [0.05, 0.1) is 12.8 Å². The average molecular weight is 359 g/mol. The SMILES string of the molecule is Cc1ccc(/C=N\NC(=O)c2cccn(Cc3ccc(C)cc3)c2=O)cc1. The van der Waals surface area contributed by atoms with Crippen molar-refractivity contribution in [3.63, 3.8) is 0 Å². The van der Waals surface area contributed by atoms with Crippen molar-refractivity contribution in [3.8, 4) is 0 Å². The van der Waals surface area contributed by atoms with Crippen LogP contribution in [0.1, 0.15) is 32.6 Å². The van der Waals surface area contributed by atoms with Gasteiger partial charge in [-0.25, -0.2) is 5.43 Å². The lowest BCUT2D eigenvalue weighted by atomic mass is 10.1. The summed E-state index contributed by atoms with van der Waals surface area (Å²) in [4.78, 5) is 24.9. The van der Waals surface area contributed by atoms with Crippen molar-refractivity contribution >= 4 is 12.1 Å². The second-order valence-electron chi connectivity index (χ2n) is 6.45. The third-order valence-electron chi connectivity index (χ3n) is 4.20. The van der Waals surface area contributed by atoms with Crippen LogP contribution < -0.4 is 11.0 Å². The zero-order valence-corrected chi connectivity index (χ0v) is 15.3. The van der Waals surface area contributed by atoms with Crippen molar-refractivity contribution in [3.05, 3.63) is 105 Å². The van der Waals surface area contributed by atoms with Gasteiger partial charge < -0.3 is 4.57 Å². The predicted octanol–water partition coefficient (Wildman–Crippen LogP) is 3.28. The Labute approximate surface area is 158 Å². The highest BCUT2D eigenvalue weighted by Crippen LogP contribution is 2.05. The van der Waals surface area contributed by atoms with Crippen molar-refractivity contribution in [1.82, 2.24) is 9.99 Å². The lowest BCUT2D eigenvalue weighted by molar-refractivity contribution is 0.0953. The maximum atomic E-state index is 12.6. The van der Waals surface area contributed by atoms with Crippen LogP contribution >= 0.6 is 0 Å². The van der Waals surface area contributed by atoms with Crippen LogP contribution in [-0.4, -0.2) is 16.7 Å². The van der Waals surface area contributed by atoms with E-state index in [1.165, 1.54) is 10.6 Å². The van der Waals surface area contributed by atoms with E-state index in [1.807, 2.05) is 62.4 Å². The summed E-state index contributed by atoms with van der Waals surface area (Å²) in [6.07, 6.45) is 3.22. The Hall–Kier alpha value is -3.47. The van der Waals surface area contributed by atoms with Gasteiger partial charge in [-0.15, -0.1) is 0 Å². The summed E-state index contributed by atoms with van der Waals surface area (Å²) >= 11 is 0. The van der Waals surface area contributed by atoms with E-state index >= 15 is 0 Å². The van der Waals surface area contributed by atoms with Gasteiger partial charge in [-0.1, -0.05) is 59.7 Å². The molecule has 136 valence electrons. The molecule has 0 saturated heterocycles.